The molecule has 0 saturated heterocycles. The number of benzene rings is 3. The van der Waals surface area contributed by atoms with Crippen LogP contribution in [0, 0.1) is 0 Å². The number of carbonyl (C=O) groups excluding carboxylic acids is 1. The molecule has 1 aromatic heterocycles. The molecule has 0 bridgehead atoms. The molecule has 5 rings (SSSR count). The first-order valence-corrected chi connectivity index (χ1v) is 11.7. The highest BCUT2D eigenvalue weighted by molar-refractivity contribution is 5.85. The lowest BCUT2D eigenvalue weighted by molar-refractivity contribution is -0.143. The van der Waals surface area contributed by atoms with Crippen molar-refractivity contribution in [1.29, 1.82) is 0 Å². The van der Waals surface area contributed by atoms with Gasteiger partial charge in [-0.15, -0.1) is 0 Å². The number of rotatable bonds is 7. The molecule has 0 fully saturated rings. The summed E-state index contributed by atoms with van der Waals surface area (Å²) in [6.45, 7) is 0. The van der Waals surface area contributed by atoms with E-state index in [9.17, 15) is 9.90 Å². The first kappa shape index (κ1) is 23.7. The third-order valence-electron chi connectivity index (χ3n) is 6.68. The van der Waals surface area contributed by atoms with Gasteiger partial charge in [0.2, 0.25) is 5.75 Å². The predicted molar refractivity (Wildman–Crippen MR) is 136 cm³/mol. The maximum absolute atomic E-state index is 12.8. The van der Waals surface area contributed by atoms with Crippen molar-refractivity contribution >= 4 is 16.9 Å². The van der Waals surface area contributed by atoms with Crippen LogP contribution in [0.25, 0.3) is 10.9 Å². The van der Waals surface area contributed by atoms with Crippen molar-refractivity contribution in [1.82, 2.24) is 15.6 Å². The fourth-order valence-electron chi connectivity index (χ4n) is 4.95. The third-order valence-corrected chi connectivity index (χ3v) is 6.68. The van der Waals surface area contributed by atoms with Gasteiger partial charge >= 0.3 is 5.97 Å². The van der Waals surface area contributed by atoms with E-state index in [1.165, 1.54) is 21.3 Å². The van der Waals surface area contributed by atoms with Gasteiger partial charge in [0.1, 0.15) is 6.04 Å². The summed E-state index contributed by atoms with van der Waals surface area (Å²) in [5.74, 6) is 0.212. The molecule has 1 aliphatic heterocycles. The Balaban J connectivity index is 1.59. The van der Waals surface area contributed by atoms with Crippen molar-refractivity contribution in [3.05, 3.63) is 89.1 Å². The molecule has 0 radical (unpaired) electrons. The zero-order chi connectivity index (χ0) is 25.2. The van der Waals surface area contributed by atoms with Crippen LogP contribution >= 0.6 is 0 Å². The van der Waals surface area contributed by atoms with E-state index in [4.69, 9.17) is 14.2 Å². The van der Waals surface area contributed by atoms with Gasteiger partial charge in [-0.05, 0) is 34.9 Å². The van der Waals surface area contributed by atoms with Gasteiger partial charge in [0, 0.05) is 23.0 Å². The van der Waals surface area contributed by atoms with Crippen molar-refractivity contribution in [2.24, 2.45) is 0 Å². The summed E-state index contributed by atoms with van der Waals surface area (Å²) < 4.78 is 16.0. The van der Waals surface area contributed by atoms with Crippen LogP contribution < -0.4 is 20.1 Å². The number of H-pyrrole nitrogens is 1. The first-order chi connectivity index (χ1) is 17.5. The van der Waals surface area contributed by atoms with E-state index in [-0.39, 0.29) is 23.9 Å². The molecule has 0 spiro atoms. The normalized spacial score (nSPS) is 17.9. The van der Waals surface area contributed by atoms with Crippen LogP contribution in [0.4, 0.5) is 0 Å². The second kappa shape index (κ2) is 9.93. The molecule has 8 nitrogen and oxygen atoms in total. The Hall–Kier alpha value is -4.01. The van der Waals surface area contributed by atoms with Gasteiger partial charge in [-0.3, -0.25) is 10.6 Å². The number of aromatic nitrogens is 1. The summed E-state index contributed by atoms with van der Waals surface area (Å²) >= 11 is 0. The quantitative estimate of drug-likeness (QED) is 0.293. The monoisotopic (exact) mass is 487 g/mol. The van der Waals surface area contributed by atoms with Crippen molar-refractivity contribution in [3.8, 4) is 17.2 Å². The molecule has 3 atom stereocenters. The van der Waals surface area contributed by atoms with Crippen molar-refractivity contribution in [3.63, 3.8) is 0 Å². The highest BCUT2D eigenvalue weighted by Crippen LogP contribution is 2.42. The maximum Gasteiger partial charge on any atom is 0.327 e. The highest BCUT2D eigenvalue weighted by atomic mass is 16.5. The van der Waals surface area contributed by atoms with Crippen molar-refractivity contribution in [2.45, 2.75) is 24.7 Å². The Labute approximate surface area is 209 Å². The molecule has 8 heteroatoms. The summed E-state index contributed by atoms with van der Waals surface area (Å²) in [7, 11) is 4.40. The number of hydrogen-bond acceptors (Lipinski definition) is 7. The zero-order valence-electron chi connectivity index (χ0n) is 20.4. The minimum atomic E-state index is -0.648. The molecule has 186 valence electrons. The Bertz CT molecular complexity index is 1360. The van der Waals surface area contributed by atoms with E-state index in [2.05, 4.69) is 21.7 Å². The number of aromatic hydroxyl groups is 1. The molecular formula is C28H29N3O5. The number of carbonyl (C=O) groups is 1. The Kier molecular flexibility index (Phi) is 6.54. The van der Waals surface area contributed by atoms with Gasteiger partial charge < -0.3 is 24.3 Å². The van der Waals surface area contributed by atoms with Crippen LogP contribution in [-0.4, -0.2) is 43.6 Å². The van der Waals surface area contributed by atoms with Crippen LogP contribution in [0.3, 0.4) is 0 Å². The van der Waals surface area contributed by atoms with Crippen LogP contribution in [-0.2, 0) is 16.0 Å². The summed E-state index contributed by atoms with van der Waals surface area (Å²) in [6, 6.07) is 20.3. The molecular weight excluding hydrogens is 458 g/mol. The van der Waals surface area contributed by atoms with Crippen LogP contribution in [0.15, 0.2) is 66.7 Å². The number of esters is 1. The Morgan fingerprint density at radius 1 is 1.00 bits per heavy atom. The van der Waals surface area contributed by atoms with Crippen molar-refractivity contribution < 1.29 is 24.1 Å². The minimum absolute atomic E-state index is 0.0547. The first-order valence-electron chi connectivity index (χ1n) is 11.7. The lowest BCUT2D eigenvalue weighted by Crippen LogP contribution is -2.51. The number of para-hydroxylation sites is 1. The standard InChI is InChI=1S/C28H29N3O5/c1-34-21-13-17(14-22(35-2)27(21)32)24-26-19(18-11-7-8-12-20(18)29-26)15-23(30-24)31-25(28(33)36-3)16-9-5-4-6-10-16/h4-14,23-25,29-32H,15H2,1-3H3/t23-,24-,25-/m1/s1. The third kappa shape index (κ3) is 4.25. The molecule has 3 aromatic carbocycles. The molecule has 0 aliphatic carbocycles. The van der Waals surface area contributed by atoms with Crippen molar-refractivity contribution in [2.75, 3.05) is 21.3 Å². The summed E-state index contributed by atoms with van der Waals surface area (Å²) in [4.78, 5) is 16.3. The Morgan fingerprint density at radius 2 is 1.67 bits per heavy atom. The molecule has 1 aliphatic rings. The summed E-state index contributed by atoms with van der Waals surface area (Å²) in [5, 5.41) is 18.7. The lowest BCUT2D eigenvalue weighted by Gasteiger charge is -2.34. The Morgan fingerprint density at radius 3 is 2.33 bits per heavy atom. The minimum Gasteiger partial charge on any atom is -0.502 e. The number of nitrogens with one attached hydrogen (secondary N) is 3. The van der Waals surface area contributed by atoms with Crippen LogP contribution in [0.1, 0.15) is 34.5 Å². The van der Waals surface area contributed by atoms with Gasteiger partial charge in [0.05, 0.1) is 33.5 Å². The van der Waals surface area contributed by atoms with E-state index >= 15 is 0 Å². The number of aromatic amines is 1. The second-order valence-electron chi connectivity index (χ2n) is 8.73. The van der Waals surface area contributed by atoms with Gasteiger partial charge in [-0.25, -0.2) is 4.79 Å². The molecule has 0 saturated carbocycles. The van der Waals surface area contributed by atoms with E-state index in [0.29, 0.717) is 17.9 Å². The second-order valence-corrected chi connectivity index (χ2v) is 8.73. The molecule has 2 heterocycles. The molecule has 4 N–H and O–H groups in total. The SMILES string of the molecule is COC(=O)[C@H](N[C@@H]1Cc2c([nH]c3ccccc23)[C@@H](c2cc(OC)c(O)c(OC)c2)N1)c1ccccc1. The summed E-state index contributed by atoms with van der Waals surface area (Å²) in [6.07, 6.45) is 0.375. The van der Waals surface area contributed by atoms with E-state index < -0.39 is 6.04 Å². The smallest absolute Gasteiger partial charge is 0.327 e. The van der Waals surface area contributed by atoms with Gasteiger partial charge in [0.15, 0.2) is 11.5 Å². The van der Waals surface area contributed by atoms with E-state index in [1.807, 2.05) is 48.5 Å². The average Bonchev–Trinajstić information content (AvgIpc) is 3.30. The van der Waals surface area contributed by atoms with Crippen LogP contribution in [0.2, 0.25) is 0 Å². The highest BCUT2D eigenvalue weighted by Gasteiger charge is 2.34. The largest absolute Gasteiger partial charge is 0.502 e. The predicted octanol–water partition coefficient (Wildman–Crippen LogP) is 3.96. The molecule has 0 unspecified atom stereocenters. The fourth-order valence-corrected chi connectivity index (χ4v) is 4.95. The zero-order valence-corrected chi connectivity index (χ0v) is 20.4. The number of fused-ring (bicyclic) bond motifs is 3. The molecule has 4 aromatic rings. The molecule has 36 heavy (non-hydrogen) atoms. The number of phenolic OH excluding ortho intramolecular Hbond substituents is 1. The van der Waals surface area contributed by atoms with Crippen LogP contribution in [0.5, 0.6) is 17.2 Å². The number of methoxy groups -OCH3 is 3. The summed E-state index contributed by atoms with van der Waals surface area (Å²) in [5.41, 5.74) is 4.85. The maximum atomic E-state index is 12.8. The van der Waals surface area contributed by atoms with Gasteiger partial charge in [-0.2, -0.15) is 0 Å². The van der Waals surface area contributed by atoms with Gasteiger partial charge in [-0.1, -0.05) is 48.5 Å². The number of hydrogen-bond donors (Lipinski definition) is 4. The average molecular weight is 488 g/mol. The number of ether oxygens (including phenoxy) is 3. The van der Waals surface area contributed by atoms with Gasteiger partial charge in [0.25, 0.3) is 0 Å². The van der Waals surface area contributed by atoms with E-state index in [0.717, 1.165) is 33.3 Å². The van der Waals surface area contributed by atoms with E-state index in [1.54, 1.807) is 12.1 Å². The lowest BCUT2D eigenvalue weighted by atomic mass is 9.91. The number of phenols is 1. The topological polar surface area (TPSA) is 105 Å². The molecule has 0 amide bonds. The fraction of sp³-hybridized carbons (Fsp3) is 0.250.